The number of benzene rings is 1. The van der Waals surface area contributed by atoms with Crippen molar-refractivity contribution in [2.75, 3.05) is 0 Å². The van der Waals surface area contributed by atoms with Crippen molar-refractivity contribution in [1.29, 1.82) is 0 Å². The van der Waals surface area contributed by atoms with Gasteiger partial charge in [0.1, 0.15) is 5.82 Å². The molecule has 1 N–H and O–H groups in total. The van der Waals surface area contributed by atoms with E-state index in [-0.39, 0.29) is 5.02 Å². The van der Waals surface area contributed by atoms with Crippen LogP contribution >= 0.6 is 11.6 Å². The van der Waals surface area contributed by atoms with Gasteiger partial charge in [-0.15, -0.1) is 0 Å². The summed E-state index contributed by atoms with van der Waals surface area (Å²) in [5, 5.41) is 11.7. The molecule has 0 saturated heterocycles. The number of halogens is 2. The smallest absolute Gasteiger partial charge is 0.142 e. The molecule has 0 amide bonds. The molecule has 0 heterocycles. The first kappa shape index (κ1) is 9.99. The molecule has 1 aromatic rings. The topological polar surface area (TPSA) is 32.6 Å². The van der Waals surface area contributed by atoms with Gasteiger partial charge in [-0.05, 0) is 18.6 Å². The van der Waals surface area contributed by atoms with Crippen molar-refractivity contribution in [2.45, 2.75) is 13.3 Å². The van der Waals surface area contributed by atoms with Gasteiger partial charge in [0.25, 0.3) is 0 Å². The van der Waals surface area contributed by atoms with E-state index >= 15 is 0 Å². The predicted molar refractivity (Wildman–Crippen MR) is 50.0 cm³/mol. The van der Waals surface area contributed by atoms with Gasteiger partial charge in [-0.25, -0.2) is 4.39 Å². The largest absolute Gasteiger partial charge is 0.411 e. The minimum absolute atomic E-state index is 0.0668. The van der Waals surface area contributed by atoms with Gasteiger partial charge in [-0.2, -0.15) is 0 Å². The molecule has 0 aromatic heterocycles. The molecule has 0 bridgehead atoms. The average molecular weight is 202 g/mol. The number of rotatable bonds is 2. The van der Waals surface area contributed by atoms with E-state index in [0.29, 0.717) is 17.7 Å². The summed E-state index contributed by atoms with van der Waals surface area (Å²) in [4.78, 5) is 0. The van der Waals surface area contributed by atoms with Gasteiger partial charge in [-0.1, -0.05) is 29.7 Å². The molecule has 4 heteroatoms. The van der Waals surface area contributed by atoms with Crippen molar-refractivity contribution in [3.8, 4) is 0 Å². The molecule has 0 aliphatic heterocycles. The molecule has 0 radical (unpaired) electrons. The molecule has 0 unspecified atom stereocenters. The van der Waals surface area contributed by atoms with Gasteiger partial charge in [0.2, 0.25) is 0 Å². The predicted octanol–water partition coefficient (Wildman–Crippen LogP) is 3.07. The molecule has 0 atom stereocenters. The highest BCUT2D eigenvalue weighted by atomic mass is 35.5. The van der Waals surface area contributed by atoms with E-state index in [0.717, 1.165) is 0 Å². The van der Waals surface area contributed by atoms with Crippen LogP contribution in [0.25, 0.3) is 0 Å². The quantitative estimate of drug-likeness (QED) is 0.445. The Morgan fingerprint density at radius 2 is 2.31 bits per heavy atom. The lowest BCUT2D eigenvalue weighted by atomic mass is 10.1. The van der Waals surface area contributed by atoms with Gasteiger partial charge in [0.05, 0.1) is 10.7 Å². The third kappa shape index (κ3) is 2.18. The Kier molecular flexibility index (Phi) is 3.25. The van der Waals surface area contributed by atoms with Crippen molar-refractivity contribution < 1.29 is 9.60 Å². The van der Waals surface area contributed by atoms with Gasteiger partial charge < -0.3 is 5.21 Å². The molecule has 0 spiro atoms. The third-order valence-electron chi connectivity index (χ3n) is 1.71. The molecular weight excluding hydrogens is 193 g/mol. The second kappa shape index (κ2) is 4.23. The number of hydrogen-bond donors (Lipinski definition) is 1. The lowest BCUT2D eigenvalue weighted by molar-refractivity contribution is 0.318. The van der Waals surface area contributed by atoms with Crippen molar-refractivity contribution in [2.24, 2.45) is 5.16 Å². The highest BCUT2D eigenvalue weighted by Crippen LogP contribution is 2.16. The fraction of sp³-hybridized carbons (Fsp3) is 0.222. The summed E-state index contributed by atoms with van der Waals surface area (Å²) in [5.41, 5.74) is 0.988. The normalized spacial score (nSPS) is 11.8. The van der Waals surface area contributed by atoms with Crippen LogP contribution in [0.2, 0.25) is 5.02 Å². The second-order valence-corrected chi connectivity index (χ2v) is 2.94. The third-order valence-corrected chi connectivity index (χ3v) is 2.01. The number of nitrogens with zero attached hydrogens (tertiary/aromatic N) is 1. The van der Waals surface area contributed by atoms with E-state index < -0.39 is 5.82 Å². The molecule has 0 aliphatic carbocycles. The molecule has 1 rings (SSSR count). The summed E-state index contributed by atoms with van der Waals surface area (Å²) in [5.74, 6) is -0.506. The highest BCUT2D eigenvalue weighted by molar-refractivity contribution is 6.30. The molecule has 70 valence electrons. The fourth-order valence-corrected chi connectivity index (χ4v) is 1.13. The van der Waals surface area contributed by atoms with Gasteiger partial charge in [0, 0.05) is 5.56 Å². The zero-order valence-corrected chi connectivity index (χ0v) is 7.85. The highest BCUT2D eigenvalue weighted by Gasteiger charge is 2.05. The van der Waals surface area contributed by atoms with Crippen molar-refractivity contribution in [3.63, 3.8) is 0 Å². The Morgan fingerprint density at radius 3 is 2.77 bits per heavy atom. The molecule has 2 nitrogen and oxygen atoms in total. The van der Waals surface area contributed by atoms with Gasteiger partial charge in [-0.3, -0.25) is 0 Å². The van der Waals surface area contributed by atoms with Crippen LogP contribution in [0, 0.1) is 5.82 Å². The Morgan fingerprint density at radius 1 is 1.62 bits per heavy atom. The SMILES string of the molecule is CC/C(=N/O)c1ccc(Cl)c(F)c1. The first-order valence-electron chi connectivity index (χ1n) is 3.85. The lowest BCUT2D eigenvalue weighted by Gasteiger charge is -2.01. The average Bonchev–Trinajstić information content (AvgIpc) is 2.13. The minimum Gasteiger partial charge on any atom is -0.411 e. The zero-order valence-electron chi connectivity index (χ0n) is 7.09. The van der Waals surface area contributed by atoms with E-state index in [1.165, 1.54) is 12.1 Å². The molecule has 13 heavy (non-hydrogen) atoms. The maximum absolute atomic E-state index is 12.9. The maximum atomic E-state index is 12.9. The first-order valence-corrected chi connectivity index (χ1v) is 4.23. The van der Waals surface area contributed by atoms with Crippen LogP contribution in [0.15, 0.2) is 23.4 Å². The molecule has 0 saturated carbocycles. The Labute approximate surface area is 80.6 Å². The minimum atomic E-state index is -0.506. The van der Waals surface area contributed by atoms with E-state index in [1.807, 2.05) is 6.92 Å². The summed E-state index contributed by atoms with van der Waals surface area (Å²) < 4.78 is 12.9. The van der Waals surface area contributed by atoms with Crippen LogP contribution in [0.3, 0.4) is 0 Å². The van der Waals surface area contributed by atoms with Crippen LogP contribution in [-0.4, -0.2) is 10.9 Å². The van der Waals surface area contributed by atoms with Crippen molar-refractivity contribution in [3.05, 3.63) is 34.6 Å². The molecule has 0 aliphatic rings. The van der Waals surface area contributed by atoms with E-state index in [9.17, 15) is 4.39 Å². The van der Waals surface area contributed by atoms with Crippen molar-refractivity contribution >= 4 is 17.3 Å². The van der Waals surface area contributed by atoms with Crippen molar-refractivity contribution in [1.82, 2.24) is 0 Å². The number of hydrogen-bond acceptors (Lipinski definition) is 2. The molecular formula is C9H9ClFNO. The first-order chi connectivity index (χ1) is 6.19. The number of oxime groups is 1. The van der Waals surface area contributed by atoms with Gasteiger partial charge in [0.15, 0.2) is 0 Å². The van der Waals surface area contributed by atoms with Gasteiger partial charge >= 0.3 is 0 Å². The summed E-state index contributed by atoms with van der Waals surface area (Å²) in [6, 6.07) is 4.30. The van der Waals surface area contributed by atoms with Crippen LogP contribution in [0.5, 0.6) is 0 Å². The Bertz CT molecular complexity index is 338. The van der Waals surface area contributed by atoms with E-state index in [2.05, 4.69) is 5.16 Å². The van der Waals surface area contributed by atoms with Crippen LogP contribution in [0.1, 0.15) is 18.9 Å². The van der Waals surface area contributed by atoms with Crippen LogP contribution in [0.4, 0.5) is 4.39 Å². The van der Waals surface area contributed by atoms with E-state index in [4.69, 9.17) is 16.8 Å². The monoisotopic (exact) mass is 201 g/mol. The van der Waals surface area contributed by atoms with Crippen LogP contribution in [-0.2, 0) is 0 Å². The zero-order chi connectivity index (χ0) is 9.84. The summed E-state index contributed by atoms with van der Waals surface area (Å²) in [6.45, 7) is 1.82. The molecule has 1 aromatic carbocycles. The Hall–Kier alpha value is -1.09. The van der Waals surface area contributed by atoms with Crippen LogP contribution < -0.4 is 0 Å². The molecule has 0 fully saturated rings. The second-order valence-electron chi connectivity index (χ2n) is 2.53. The summed E-state index contributed by atoms with van der Waals surface area (Å²) in [6.07, 6.45) is 0.539. The lowest BCUT2D eigenvalue weighted by Crippen LogP contribution is -1.99. The summed E-state index contributed by atoms with van der Waals surface area (Å²) in [7, 11) is 0. The summed E-state index contributed by atoms with van der Waals surface area (Å²) >= 11 is 5.49. The van der Waals surface area contributed by atoms with E-state index in [1.54, 1.807) is 6.07 Å². The maximum Gasteiger partial charge on any atom is 0.142 e. The standard InChI is InChI=1S/C9H9ClFNO/c1-2-9(12-13)6-3-4-7(10)8(11)5-6/h3-5,13H,2H2,1H3/b12-9-. The Balaban J connectivity index is 3.10. The fourth-order valence-electron chi connectivity index (χ4n) is 1.01.